The van der Waals surface area contributed by atoms with Crippen LogP contribution in [0.3, 0.4) is 0 Å². The van der Waals surface area contributed by atoms with E-state index in [-0.39, 0.29) is 0 Å². The molecule has 1 aromatic heterocycles. The topological polar surface area (TPSA) is 15.8 Å². The molecule has 72 valence electrons. The minimum Gasteiger partial charge on any atom is -0.361 e. The number of aromatic nitrogens is 1. The third-order valence-electron chi connectivity index (χ3n) is 2.32. The van der Waals surface area contributed by atoms with Gasteiger partial charge in [-0.2, -0.15) is 0 Å². The lowest BCUT2D eigenvalue weighted by molar-refractivity contribution is 1.36. The number of nitrogens with one attached hydrogen (secondary N) is 1. The van der Waals surface area contributed by atoms with Crippen LogP contribution >= 0.6 is 11.6 Å². The van der Waals surface area contributed by atoms with Gasteiger partial charge >= 0.3 is 0 Å². The van der Waals surface area contributed by atoms with Crippen molar-refractivity contribution in [3.63, 3.8) is 0 Å². The molecule has 0 aliphatic rings. The molecule has 2 heteroatoms. The minimum absolute atomic E-state index is 0.798. The summed E-state index contributed by atoms with van der Waals surface area (Å²) in [4.78, 5) is 3.22. The Hall–Kier alpha value is -1.21. The summed E-state index contributed by atoms with van der Waals surface area (Å²) in [7, 11) is 0. The van der Waals surface area contributed by atoms with Gasteiger partial charge < -0.3 is 4.98 Å². The highest BCUT2D eigenvalue weighted by Crippen LogP contribution is 2.30. The van der Waals surface area contributed by atoms with E-state index in [1.165, 1.54) is 11.1 Å². The maximum Gasteiger partial charge on any atom is 0.0501 e. The number of H-pyrrole nitrogens is 1. The van der Waals surface area contributed by atoms with Gasteiger partial charge in [-0.3, -0.25) is 0 Å². The normalized spacial score (nSPS) is 10.5. The summed E-state index contributed by atoms with van der Waals surface area (Å²) in [5.41, 5.74) is 4.60. The van der Waals surface area contributed by atoms with Crippen LogP contribution in [-0.4, -0.2) is 4.98 Å². The first kappa shape index (κ1) is 9.35. The highest BCUT2D eigenvalue weighted by Gasteiger charge is 2.07. The molecule has 2 aromatic rings. The summed E-state index contributed by atoms with van der Waals surface area (Å²) in [5, 5.41) is 0.798. The van der Waals surface area contributed by atoms with Crippen molar-refractivity contribution in [3.05, 3.63) is 46.6 Å². The fourth-order valence-electron chi connectivity index (χ4n) is 1.62. The van der Waals surface area contributed by atoms with Crippen LogP contribution in [0.25, 0.3) is 11.3 Å². The lowest BCUT2D eigenvalue weighted by Crippen LogP contribution is -1.83. The summed E-state index contributed by atoms with van der Waals surface area (Å²) in [6, 6.07) is 8.06. The van der Waals surface area contributed by atoms with E-state index in [1.807, 2.05) is 18.3 Å². The third kappa shape index (κ3) is 1.55. The molecule has 14 heavy (non-hydrogen) atoms. The zero-order valence-electron chi connectivity index (χ0n) is 8.26. The second-order valence-electron chi connectivity index (χ2n) is 3.52. The fraction of sp³-hybridized carbons (Fsp3) is 0.167. The van der Waals surface area contributed by atoms with Crippen LogP contribution in [0.15, 0.2) is 30.5 Å². The van der Waals surface area contributed by atoms with Gasteiger partial charge in [0.1, 0.15) is 0 Å². The number of benzene rings is 1. The van der Waals surface area contributed by atoms with Crippen LogP contribution in [0.5, 0.6) is 0 Å². The van der Waals surface area contributed by atoms with Crippen molar-refractivity contribution in [2.75, 3.05) is 0 Å². The molecular weight excluding hydrogens is 194 g/mol. The van der Waals surface area contributed by atoms with Gasteiger partial charge in [-0.25, -0.2) is 0 Å². The molecule has 1 nitrogen and oxygen atoms in total. The predicted molar refractivity (Wildman–Crippen MR) is 60.7 cm³/mol. The van der Waals surface area contributed by atoms with Gasteiger partial charge in [0.2, 0.25) is 0 Å². The highest BCUT2D eigenvalue weighted by molar-refractivity contribution is 6.33. The summed E-state index contributed by atoms with van der Waals surface area (Å²) in [5.74, 6) is 0. The molecule has 0 bridgehead atoms. The lowest BCUT2D eigenvalue weighted by Gasteiger charge is -2.05. The van der Waals surface area contributed by atoms with Gasteiger partial charge in [-0.15, -0.1) is 0 Å². The Bertz CT molecular complexity index is 437. The summed E-state index contributed by atoms with van der Waals surface area (Å²) in [6.07, 6.45) is 1.98. The predicted octanol–water partition coefficient (Wildman–Crippen LogP) is 3.95. The van der Waals surface area contributed by atoms with Crippen molar-refractivity contribution in [3.8, 4) is 11.3 Å². The summed E-state index contributed by atoms with van der Waals surface area (Å²) < 4.78 is 0. The standard InChI is InChI=1S/C12H12ClN/c1-8-6-11(14-7-8)12-9(2)4-3-5-10(12)13/h3-7,14H,1-2H3. The molecule has 0 saturated carbocycles. The first-order valence-electron chi connectivity index (χ1n) is 4.59. The molecule has 0 aliphatic heterocycles. The van der Waals surface area contributed by atoms with E-state index < -0.39 is 0 Å². The Morgan fingerprint density at radius 2 is 2.00 bits per heavy atom. The molecule has 0 aliphatic carbocycles. The molecule has 0 unspecified atom stereocenters. The summed E-state index contributed by atoms with van der Waals surface area (Å²) >= 11 is 6.15. The Morgan fingerprint density at radius 1 is 1.21 bits per heavy atom. The number of rotatable bonds is 1. The van der Waals surface area contributed by atoms with Crippen LogP contribution in [0.1, 0.15) is 11.1 Å². The number of hydrogen-bond acceptors (Lipinski definition) is 0. The monoisotopic (exact) mass is 205 g/mol. The smallest absolute Gasteiger partial charge is 0.0501 e. The molecule has 1 heterocycles. The van der Waals surface area contributed by atoms with Gasteiger partial charge in [0, 0.05) is 17.5 Å². The maximum absolute atomic E-state index is 6.15. The Kier molecular flexibility index (Phi) is 2.34. The van der Waals surface area contributed by atoms with Gasteiger partial charge in [0.05, 0.1) is 5.02 Å². The number of halogens is 1. The van der Waals surface area contributed by atoms with E-state index in [9.17, 15) is 0 Å². The van der Waals surface area contributed by atoms with E-state index in [0.717, 1.165) is 16.3 Å². The van der Waals surface area contributed by atoms with Crippen molar-refractivity contribution in [1.82, 2.24) is 4.98 Å². The Morgan fingerprint density at radius 3 is 2.57 bits per heavy atom. The van der Waals surface area contributed by atoms with Crippen molar-refractivity contribution in [2.24, 2.45) is 0 Å². The summed E-state index contributed by atoms with van der Waals surface area (Å²) in [6.45, 7) is 4.13. The molecule has 1 N–H and O–H groups in total. The van der Waals surface area contributed by atoms with Crippen LogP contribution in [0.2, 0.25) is 5.02 Å². The van der Waals surface area contributed by atoms with Crippen molar-refractivity contribution in [2.45, 2.75) is 13.8 Å². The first-order valence-corrected chi connectivity index (χ1v) is 4.97. The minimum atomic E-state index is 0.798. The SMILES string of the molecule is Cc1c[nH]c(-c2c(C)cccc2Cl)c1. The fourth-order valence-corrected chi connectivity index (χ4v) is 1.94. The quantitative estimate of drug-likeness (QED) is 0.726. The van der Waals surface area contributed by atoms with Crippen molar-refractivity contribution in [1.29, 1.82) is 0 Å². The van der Waals surface area contributed by atoms with Crippen LogP contribution in [0.4, 0.5) is 0 Å². The first-order chi connectivity index (χ1) is 6.68. The van der Waals surface area contributed by atoms with Crippen LogP contribution in [-0.2, 0) is 0 Å². The molecular formula is C12H12ClN. The lowest BCUT2D eigenvalue weighted by atomic mass is 10.1. The molecule has 0 spiro atoms. The molecule has 0 saturated heterocycles. The molecule has 0 atom stereocenters. The van der Waals surface area contributed by atoms with Crippen molar-refractivity contribution < 1.29 is 0 Å². The zero-order chi connectivity index (χ0) is 10.1. The van der Waals surface area contributed by atoms with E-state index in [4.69, 9.17) is 11.6 Å². The number of aryl methyl sites for hydroxylation is 2. The zero-order valence-corrected chi connectivity index (χ0v) is 9.02. The van der Waals surface area contributed by atoms with E-state index in [1.54, 1.807) is 0 Å². The third-order valence-corrected chi connectivity index (χ3v) is 2.63. The molecule has 0 amide bonds. The van der Waals surface area contributed by atoms with Crippen molar-refractivity contribution >= 4 is 11.6 Å². The second kappa shape index (κ2) is 3.50. The molecule has 0 fully saturated rings. The van der Waals surface area contributed by atoms with Gasteiger partial charge in [0.15, 0.2) is 0 Å². The van der Waals surface area contributed by atoms with Gasteiger partial charge in [-0.05, 0) is 37.1 Å². The number of hydrogen-bond donors (Lipinski definition) is 1. The van der Waals surface area contributed by atoms with Gasteiger partial charge in [-0.1, -0.05) is 23.7 Å². The second-order valence-corrected chi connectivity index (χ2v) is 3.93. The van der Waals surface area contributed by atoms with Gasteiger partial charge in [0.25, 0.3) is 0 Å². The maximum atomic E-state index is 6.15. The average molecular weight is 206 g/mol. The van der Waals surface area contributed by atoms with E-state index >= 15 is 0 Å². The Labute approximate surface area is 88.7 Å². The van der Waals surface area contributed by atoms with Crippen LogP contribution < -0.4 is 0 Å². The average Bonchev–Trinajstić information content (AvgIpc) is 2.51. The largest absolute Gasteiger partial charge is 0.361 e. The highest BCUT2D eigenvalue weighted by atomic mass is 35.5. The molecule has 2 rings (SSSR count). The van der Waals surface area contributed by atoms with E-state index in [2.05, 4.69) is 31.0 Å². The van der Waals surface area contributed by atoms with Crippen LogP contribution in [0, 0.1) is 13.8 Å². The molecule has 0 radical (unpaired) electrons. The number of aromatic amines is 1. The van der Waals surface area contributed by atoms with E-state index in [0.29, 0.717) is 0 Å². The molecule has 1 aromatic carbocycles. The Balaban J connectivity index is 2.61.